The molecule has 114 valence electrons. The van der Waals surface area contributed by atoms with Crippen LogP contribution < -0.4 is 0 Å². The highest BCUT2D eigenvalue weighted by Crippen LogP contribution is 2.20. The van der Waals surface area contributed by atoms with Crippen molar-refractivity contribution in [2.24, 2.45) is 5.92 Å². The van der Waals surface area contributed by atoms with Crippen molar-refractivity contribution in [1.29, 1.82) is 0 Å². The lowest BCUT2D eigenvalue weighted by Gasteiger charge is -2.21. The van der Waals surface area contributed by atoms with E-state index in [1.165, 1.54) is 11.0 Å². The zero-order valence-electron chi connectivity index (χ0n) is 11.8. The van der Waals surface area contributed by atoms with E-state index < -0.39 is 5.97 Å². The number of benzene rings is 1. The average Bonchev–Trinajstić information content (AvgIpc) is 2.32. The zero-order chi connectivity index (χ0) is 16.0. The molecular formula is C15H17Cl2NO3. The number of carbonyl (C=O) groups is 2. The molecule has 0 spiro atoms. The van der Waals surface area contributed by atoms with Crippen LogP contribution in [0.25, 0.3) is 6.08 Å². The number of aliphatic carboxylic acids is 1. The number of hydrogen-bond donors (Lipinski definition) is 1. The molecule has 21 heavy (non-hydrogen) atoms. The first kappa shape index (κ1) is 17.5. The Labute approximate surface area is 134 Å². The number of amides is 1. The predicted octanol–water partition coefficient (Wildman–Crippen LogP) is 3.58. The number of rotatable bonds is 6. The number of halogens is 2. The molecule has 0 aliphatic carbocycles. The zero-order valence-corrected chi connectivity index (χ0v) is 13.4. The van der Waals surface area contributed by atoms with E-state index in [-0.39, 0.29) is 18.4 Å². The maximum absolute atomic E-state index is 12.1. The largest absolute Gasteiger partial charge is 0.480 e. The van der Waals surface area contributed by atoms with E-state index in [1.54, 1.807) is 24.3 Å². The minimum Gasteiger partial charge on any atom is -0.480 e. The molecule has 4 nitrogen and oxygen atoms in total. The Morgan fingerprint density at radius 1 is 1.24 bits per heavy atom. The smallest absolute Gasteiger partial charge is 0.323 e. The first-order valence-electron chi connectivity index (χ1n) is 6.43. The lowest BCUT2D eigenvalue weighted by molar-refractivity contribution is -0.143. The highest BCUT2D eigenvalue weighted by molar-refractivity contribution is 6.34. The van der Waals surface area contributed by atoms with Crippen molar-refractivity contribution in [2.75, 3.05) is 13.1 Å². The quantitative estimate of drug-likeness (QED) is 0.811. The minimum atomic E-state index is -1.04. The molecule has 6 heteroatoms. The fourth-order valence-electron chi connectivity index (χ4n) is 1.78. The van der Waals surface area contributed by atoms with E-state index >= 15 is 0 Å². The van der Waals surface area contributed by atoms with Crippen LogP contribution in [0, 0.1) is 5.92 Å². The van der Waals surface area contributed by atoms with Gasteiger partial charge in [0.25, 0.3) is 0 Å². The van der Waals surface area contributed by atoms with Crippen molar-refractivity contribution in [3.05, 3.63) is 39.9 Å². The van der Waals surface area contributed by atoms with Crippen LogP contribution in [0.4, 0.5) is 0 Å². The predicted molar refractivity (Wildman–Crippen MR) is 84.5 cm³/mol. The number of carbonyl (C=O) groups excluding carboxylic acids is 1. The lowest BCUT2D eigenvalue weighted by Crippen LogP contribution is -2.37. The molecule has 1 amide bonds. The van der Waals surface area contributed by atoms with Crippen LogP contribution >= 0.6 is 23.2 Å². The van der Waals surface area contributed by atoms with Gasteiger partial charge in [0.1, 0.15) is 6.54 Å². The van der Waals surface area contributed by atoms with E-state index in [9.17, 15) is 9.59 Å². The van der Waals surface area contributed by atoms with Crippen LogP contribution in [0.1, 0.15) is 19.4 Å². The molecule has 1 rings (SSSR count). The normalized spacial score (nSPS) is 11.1. The molecule has 0 radical (unpaired) electrons. The van der Waals surface area contributed by atoms with Crippen molar-refractivity contribution in [1.82, 2.24) is 4.90 Å². The summed E-state index contributed by atoms with van der Waals surface area (Å²) in [6.45, 7) is 3.90. The second-order valence-electron chi connectivity index (χ2n) is 5.04. The van der Waals surface area contributed by atoms with Gasteiger partial charge in [-0.05, 0) is 35.8 Å². The van der Waals surface area contributed by atoms with Crippen LogP contribution in [0.5, 0.6) is 0 Å². The van der Waals surface area contributed by atoms with E-state index in [4.69, 9.17) is 28.3 Å². The molecule has 1 N–H and O–H groups in total. The van der Waals surface area contributed by atoms with Crippen LogP contribution in [0.2, 0.25) is 10.0 Å². The van der Waals surface area contributed by atoms with Gasteiger partial charge in [0.15, 0.2) is 0 Å². The SMILES string of the molecule is CC(C)CN(CC(=O)O)C(=O)C=Cc1cc(Cl)cc(Cl)c1. The summed E-state index contributed by atoms with van der Waals surface area (Å²) in [5, 5.41) is 9.79. The van der Waals surface area contributed by atoms with Gasteiger partial charge < -0.3 is 10.0 Å². The van der Waals surface area contributed by atoms with Crippen molar-refractivity contribution in [2.45, 2.75) is 13.8 Å². The number of nitrogens with zero attached hydrogens (tertiary/aromatic N) is 1. The summed E-state index contributed by atoms with van der Waals surface area (Å²) in [6.07, 6.45) is 2.89. The van der Waals surface area contributed by atoms with Gasteiger partial charge in [-0.2, -0.15) is 0 Å². The second kappa shape index (κ2) is 8.05. The molecule has 0 bridgehead atoms. The molecule has 0 saturated heterocycles. The van der Waals surface area contributed by atoms with Gasteiger partial charge in [0.2, 0.25) is 5.91 Å². The maximum Gasteiger partial charge on any atom is 0.323 e. The Hall–Kier alpha value is -1.52. The molecule has 1 aromatic carbocycles. The van der Waals surface area contributed by atoms with Gasteiger partial charge in [-0.3, -0.25) is 9.59 Å². The number of carboxylic acids is 1. The van der Waals surface area contributed by atoms with Crippen molar-refractivity contribution < 1.29 is 14.7 Å². The molecule has 0 fully saturated rings. The summed E-state index contributed by atoms with van der Waals surface area (Å²) >= 11 is 11.7. The van der Waals surface area contributed by atoms with Crippen LogP contribution in [0.3, 0.4) is 0 Å². The van der Waals surface area contributed by atoms with Crippen molar-refractivity contribution in [3.8, 4) is 0 Å². The molecule has 0 unspecified atom stereocenters. The molecule has 0 atom stereocenters. The lowest BCUT2D eigenvalue weighted by atomic mass is 10.2. The van der Waals surface area contributed by atoms with Gasteiger partial charge >= 0.3 is 5.97 Å². The summed E-state index contributed by atoms with van der Waals surface area (Å²) < 4.78 is 0. The summed E-state index contributed by atoms with van der Waals surface area (Å²) in [6, 6.07) is 4.93. The molecule has 0 aliphatic heterocycles. The summed E-state index contributed by atoms with van der Waals surface area (Å²) in [5.74, 6) is -1.22. The summed E-state index contributed by atoms with van der Waals surface area (Å²) in [7, 11) is 0. The Balaban J connectivity index is 2.84. The maximum atomic E-state index is 12.1. The van der Waals surface area contributed by atoms with Crippen LogP contribution in [-0.4, -0.2) is 35.0 Å². The fraction of sp³-hybridized carbons (Fsp3) is 0.333. The first-order valence-corrected chi connectivity index (χ1v) is 7.18. The summed E-state index contributed by atoms with van der Waals surface area (Å²) in [5.41, 5.74) is 0.681. The van der Waals surface area contributed by atoms with Gasteiger partial charge in [-0.25, -0.2) is 0 Å². The molecule has 1 aromatic rings. The third kappa shape index (κ3) is 6.65. The molecule has 0 saturated carbocycles. The van der Waals surface area contributed by atoms with Gasteiger partial charge in [0, 0.05) is 22.7 Å². The number of carboxylic acid groups (broad SMARTS) is 1. The second-order valence-corrected chi connectivity index (χ2v) is 5.92. The number of hydrogen-bond acceptors (Lipinski definition) is 2. The molecule has 0 aliphatic rings. The third-order valence-corrected chi connectivity index (χ3v) is 2.96. The van der Waals surface area contributed by atoms with Gasteiger partial charge in [0.05, 0.1) is 0 Å². The van der Waals surface area contributed by atoms with Gasteiger partial charge in [-0.15, -0.1) is 0 Å². The molecule has 0 aromatic heterocycles. The van der Waals surface area contributed by atoms with Crippen LogP contribution in [-0.2, 0) is 9.59 Å². The third-order valence-electron chi connectivity index (χ3n) is 2.53. The minimum absolute atomic E-state index is 0.183. The van der Waals surface area contributed by atoms with Gasteiger partial charge in [-0.1, -0.05) is 37.0 Å². The topological polar surface area (TPSA) is 57.6 Å². The molecule has 0 heterocycles. The van der Waals surface area contributed by atoms with E-state index in [0.29, 0.717) is 22.2 Å². The standard InChI is InChI=1S/C15H17Cl2NO3/c1-10(2)8-18(9-15(20)21)14(19)4-3-11-5-12(16)7-13(17)6-11/h3-7,10H,8-9H2,1-2H3,(H,20,21). The van der Waals surface area contributed by atoms with E-state index in [1.807, 2.05) is 13.8 Å². The highest BCUT2D eigenvalue weighted by atomic mass is 35.5. The Bertz CT molecular complexity index is 536. The van der Waals surface area contributed by atoms with Crippen molar-refractivity contribution >= 4 is 41.2 Å². The first-order chi connectivity index (χ1) is 9.77. The Kier molecular flexibility index (Phi) is 6.72. The highest BCUT2D eigenvalue weighted by Gasteiger charge is 2.15. The van der Waals surface area contributed by atoms with Crippen LogP contribution in [0.15, 0.2) is 24.3 Å². The Morgan fingerprint density at radius 2 is 1.81 bits per heavy atom. The van der Waals surface area contributed by atoms with Crippen molar-refractivity contribution in [3.63, 3.8) is 0 Å². The molecular weight excluding hydrogens is 313 g/mol. The fourth-order valence-corrected chi connectivity index (χ4v) is 2.32. The Morgan fingerprint density at radius 3 is 2.29 bits per heavy atom. The van der Waals surface area contributed by atoms with E-state index in [0.717, 1.165) is 0 Å². The summed E-state index contributed by atoms with van der Waals surface area (Å²) in [4.78, 5) is 24.2. The van der Waals surface area contributed by atoms with E-state index in [2.05, 4.69) is 0 Å². The average molecular weight is 330 g/mol. The monoisotopic (exact) mass is 329 g/mol.